The van der Waals surface area contributed by atoms with E-state index in [-0.39, 0.29) is 29.5 Å². The molecule has 0 aliphatic carbocycles. The van der Waals surface area contributed by atoms with E-state index < -0.39 is 0 Å². The van der Waals surface area contributed by atoms with Crippen LogP contribution in [0.2, 0.25) is 0 Å². The van der Waals surface area contributed by atoms with Gasteiger partial charge in [-0.2, -0.15) is 0 Å². The van der Waals surface area contributed by atoms with Gasteiger partial charge in [0.25, 0.3) is 5.56 Å². The van der Waals surface area contributed by atoms with E-state index in [1.165, 1.54) is 0 Å². The van der Waals surface area contributed by atoms with Crippen LogP contribution in [-0.2, 0) is 32.5 Å². The first-order valence-corrected chi connectivity index (χ1v) is 10.9. The molecular weight excluding hydrogens is 517 g/mol. The highest BCUT2D eigenvalue weighted by atomic mass is 127. The fraction of sp³-hybridized carbons (Fsp3) is 0.375. The van der Waals surface area contributed by atoms with Gasteiger partial charge in [-0.15, -0.1) is 24.0 Å². The summed E-state index contributed by atoms with van der Waals surface area (Å²) in [6.45, 7) is 8.73. The number of aryl methyl sites for hydroxylation is 2. The second-order valence-corrected chi connectivity index (χ2v) is 7.27. The maximum Gasteiger partial charge on any atom is 0.250 e. The normalized spacial score (nSPS) is 11.2. The topological polar surface area (TPSA) is 84.5 Å². The third kappa shape index (κ3) is 6.94. The van der Waals surface area contributed by atoms with Crippen molar-refractivity contribution in [1.29, 1.82) is 0 Å². The molecule has 2 aromatic heterocycles. The molecule has 0 saturated carbocycles. The van der Waals surface area contributed by atoms with E-state index in [0.29, 0.717) is 19.6 Å². The van der Waals surface area contributed by atoms with Crippen LogP contribution >= 0.6 is 24.0 Å². The fourth-order valence-corrected chi connectivity index (χ4v) is 3.36. The molecule has 32 heavy (non-hydrogen) atoms. The Hall–Kier alpha value is -2.62. The second kappa shape index (κ2) is 13.0. The van der Waals surface area contributed by atoms with Gasteiger partial charge in [0.05, 0.1) is 18.8 Å². The van der Waals surface area contributed by atoms with E-state index >= 15 is 0 Å². The van der Waals surface area contributed by atoms with Crippen molar-refractivity contribution >= 4 is 29.9 Å². The minimum atomic E-state index is 0. The van der Waals surface area contributed by atoms with Crippen LogP contribution in [0.25, 0.3) is 0 Å². The number of halogens is 1. The van der Waals surface area contributed by atoms with Crippen LogP contribution in [0, 0.1) is 0 Å². The Labute approximate surface area is 206 Å². The molecule has 1 aromatic carbocycles. The van der Waals surface area contributed by atoms with Gasteiger partial charge in [0.15, 0.2) is 5.96 Å². The Morgan fingerprint density at radius 3 is 2.44 bits per heavy atom. The number of nitrogens with zero attached hydrogens (tertiary/aromatic N) is 3. The van der Waals surface area contributed by atoms with Gasteiger partial charge in [-0.1, -0.05) is 49.3 Å². The molecule has 0 spiro atoms. The van der Waals surface area contributed by atoms with E-state index in [0.717, 1.165) is 53.5 Å². The zero-order valence-corrected chi connectivity index (χ0v) is 21.3. The first kappa shape index (κ1) is 25.6. The third-order valence-electron chi connectivity index (χ3n) is 5.08. The predicted octanol–water partition coefficient (Wildman–Crippen LogP) is 3.88. The van der Waals surface area contributed by atoms with Crippen molar-refractivity contribution in [2.24, 2.45) is 4.99 Å². The maximum atomic E-state index is 11.9. The largest absolute Gasteiger partial charge is 0.361 e. The third-order valence-corrected chi connectivity index (χ3v) is 5.08. The molecule has 0 saturated heterocycles. The maximum absolute atomic E-state index is 11.9. The number of hydrogen-bond acceptors (Lipinski definition) is 4. The number of benzene rings is 1. The molecule has 2 N–H and O–H groups in total. The summed E-state index contributed by atoms with van der Waals surface area (Å²) in [4.78, 5) is 16.6. The summed E-state index contributed by atoms with van der Waals surface area (Å²) in [5.41, 5.74) is 4.31. The highest BCUT2D eigenvalue weighted by molar-refractivity contribution is 14.0. The molecule has 3 aromatic rings. The number of rotatable bonds is 9. The van der Waals surface area contributed by atoms with Gasteiger partial charge in [0.1, 0.15) is 5.76 Å². The Kier molecular flexibility index (Phi) is 10.5. The quantitative estimate of drug-likeness (QED) is 0.241. The minimum Gasteiger partial charge on any atom is -0.361 e. The average Bonchev–Trinajstić information content (AvgIpc) is 3.20. The lowest BCUT2D eigenvalue weighted by molar-refractivity contribution is 0.380. The summed E-state index contributed by atoms with van der Waals surface area (Å²) >= 11 is 0. The summed E-state index contributed by atoms with van der Waals surface area (Å²) in [7, 11) is 0. The number of hydrogen-bond donors (Lipinski definition) is 2. The molecule has 8 heteroatoms. The molecule has 7 nitrogen and oxygen atoms in total. The first-order valence-electron chi connectivity index (χ1n) is 10.9. The van der Waals surface area contributed by atoms with Gasteiger partial charge in [0.2, 0.25) is 0 Å². The van der Waals surface area contributed by atoms with Crippen molar-refractivity contribution in [3.63, 3.8) is 0 Å². The van der Waals surface area contributed by atoms with E-state index in [9.17, 15) is 4.79 Å². The van der Waals surface area contributed by atoms with Crippen LogP contribution in [-0.4, -0.2) is 22.2 Å². The highest BCUT2D eigenvalue weighted by Crippen LogP contribution is 2.15. The highest BCUT2D eigenvalue weighted by Gasteiger charge is 2.13. The van der Waals surface area contributed by atoms with Gasteiger partial charge in [-0.05, 0) is 30.5 Å². The van der Waals surface area contributed by atoms with Crippen LogP contribution in [0.4, 0.5) is 0 Å². The molecule has 0 aliphatic heterocycles. The van der Waals surface area contributed by atoms with Gasteiger partial charge in [0, 0.05) is 37.3 Å². The van der Waals surface area contributed by atoms with Crippen LogP contribution < -0.4 is 16.2 Å². The fourth-order valence-electron chi connectivity index (χ4n) is 3.36. The molecular formula is C24H32IN5O2. The van der Waals surface area contributed by atoms with Crippen LogP contribution in [0.15, 0.2) is 63.0 Å². The standard InChI is InChI=1S/C24H31N5O2.HI/c1-4-21-20(22(5-2)31-28-21)16-27-24(25-6-3)26-15-18-10-12-19(13-11-18)17-29-14-8-7-9-23(29)30;/h7-14H,4-6,15-17H2,1-3H3,(H2,25,26,27);1H. The Morgan fingerprint density at radius 1 is 1.03 bits per heavy atom. The van der Waals surface area contributed by atoms with Crippen molar-refractivity contribution in [3.05, 3.63) is 87.2 Å². The van der Waals surface area contributed by atoms with Crippen molar-refractivity contribution < 1.29 is 4.52 Å². The smallest absolute Gasteiger partial charge is 0.250 e. The summed E-state index contributed by atoms with van der Waals surface area (Å²) in [6.07, 6.45) is 3.47. The first-order chi connectivity index (χ1) is 15.1. The molecule has 0 atom stereocenters. The van der Waals surface area contributed by atoms with Crippen molar-refractivity contribution in [2.75, 3.05) is 6.54 Å². The Balaban J connectivity index is 0.00000363. The van der Waals surface area contributed by atoms with E-state index in [1.807, 2.05) is 25.1 Å². The number of pyridine rings is 1. The molecule has 0 bridgehead atoms. The van der Waals surface area contributed by atoms with Crippen LogP contribution in [0.5, 0.6) is 0 Å². The predicted molar refractivity (Wildman–Crippen MR) is 139 cm³/mol. The Morgan fingerprint density at radius 2 is 1.78 bits per heavy atom. The van der Waals surface area contributed by atoms with E-state index in [1.54, 1.807) is 22.9 Å². The Bertz CT molecular complexity index is 1040. The van der Waals surface area contributed by atoms with Crippen molar-refractivity contribution in [2.45, 2.75) is 53.2 Å². The number of nitrogens with one attached hydrogen (secondary N) is 2. The molecule has 3 rings (SSSR count). The SMILES string of the molecule is CCNC(=NCc1ccc(Cn2ccccc2=O)cc1)NCc1c(CC)noc1CC.I. The average molecular weight is 549 g/mol. The minimum absolute atomic E-state index is 0. The monoisotopic (exact) mass is 549 g/mol. The van der Waals surface area contributed by atoms with E-state index in [2.05, 4.69) is 41.8 Å². The molecule has 0 unspecified atom stereocenters. The summed E-state index contributed by atoms with van der Waals surface area (Å²) in [5, 5.41) is 10.9. The lowest BCUT2D eigenvalue weighted by Gasteiger charge is -2.12. The van der Waals surface area contributed by atoms with Gasteiger partial charge >= 0.3 is 0 Å². The molecule has 0 radical (unpaired) electrons. The lowest BCUT2D eigenvalue weighted by Crippen LogP contribution is -2.37. The molecule has 0 amide bonds. The summed E-state index contributed by atoms with van der Waals surface area (Å²) in [5.74, 6) is 1.68. The zero-order valence-electron chi connectivity index (χ0n) is 18.9. The van der Waals surface area contributed by atoms with Gasteiger partial charge in [-0.25, -0.2) is 4.99 Å². The number of aliphatic imine (C=N–C) groups is 1. The zero-order chi connectivity index (χ0) is 22.1. The van der Waals surface area contributed by atoms with Crippen molar-refractivity contribution in [1.82, 2.24) is 20.4 Å². The van der Waals surface area contributed by atoms with Gasteiger partial charge < -0.3 is 19.7 Å². The molecule has 0 fully saturated rings. The second-order valence-electron chi connectivity index (χ2n) is 7.27. The number of aromatic nitrogens is 2. The number of guanidine groups is 1. The van der Waals surface area contributed by atoms with Crippen LogP contribution in [0.3, 0.4) is 0 Å². The summed E-state index contributed by atoms with van der Waals surface area (Å²) in [6, 6.07) is 13.4. The molecule has 2 heterocycles. The molecule has 172 valence electrons. The van der Waals surface area contributed by atoms with Gasteiger partial charge in [-0.3, -0.25) is 4.79 Å². The molecule has 0 aliphatic rings. The van der Waals surface area contributed by atoms with Crippen molar-refractivity contribution in [3.8, 4) is 0 Å². The van der Waals surface area contributed by atoms with E-state index in [4.69, 9.17) is 9.52 Å². The lowest BCUT2D eigenvalue weighted by atomic mass is 10.1. The summed E-state index contributed by atoms with van der Waals surface area (Å²) < 4.78 is 7.14. The van der Waals surface area contributed by atoms with Crippen LogP contribution in [0.1, 0.15) is 48.9 Å².